The van der Waals surface area contributed by atoms with Gasteiger partial charge >= 0.3 is 0 Å². The maximum absolute atomic E-state index is 12.1. The Balaban J connectivity index is 4.24. The van der Waals surface area contributed by atoms with Crippen LogP contribution in [0.3, 0.4) is 0 Å². The van der Waals surface area contributed by atoms with Crippen molar-refractivity contribution in [2.45, 2.75) is 34.1 Å². The van der Waals surface area contributed by atoms with Crippen molar-refractivity contribution < 1.29 is 4.79 Å². The topological polar surface area (TPSA) is 49.6 Å². The van der Waals surface area contributed by atoms with Crippen molar-refractivity contribution in [3.63, 3.8) is 0 Å². The molecule has 0 saturated heterocycles. The third-order valence-electron chi connectivity index (χ3n) is 2.73. The lowest BCUT2D eigenvalue weighted by molar-refractivity contribution is -0.131. The van der Waals surface area contributed by atoms with E-state index in [0.717, 1.165) is 26.1 Å². The van der Waals surface area contributed by atoms with E-state index in [1.54, 1.807) is 4.90 Å². The van der Waals surface area contributed by atoms with E-state index in [4.69, 9.17) is 5.73 Å². The molecule has 0 atom stereocenters. The molecule has 18 heavy (non-hydrogen) atoms. The van der Waals surface area contributed by atoms with E-state index in [-0.39, 0.29) is 5.91 Å². The van der Waals surface area contributed by atoms with Crippen LogP contribution >= 0.6 is 0 Å². The number of carbonyl (C=O) groups is 1. The van der Waals surface area contributed by atoms with Crippen LogP contribution in [0, 0.1) is 11.8 Å². The van der Waals surface area contributed by atoms with Gasteiger partial charge in [0, 0.05) is 26.7 Å². The summed E-state index contributed by atoms with van der Waals surface area (Å²) >= 11 is 0. The molecule has 1 amide bonds. The van der Waals surface area contributed by atoms with Gasteiger partial charge in [-0.25, -0.2) is 0 Å². The normalized spacial score (nSPS) is 11.6. The summed E-state index contributed by atoms with van der Waals surface area (Å²) in [5.74, 6) is 1.38. The molecule has 0 aromatic carbocycles. The molecule has 0 rings (SSSR count). The maximum Gasteiger partial charge on any atom is 0.236 e. The SMILES string of the molecule is CC(C)CN(CC(=O)N(C)CCCN)CC(C)C. The van der Waals surface area contributed by atoms with Gasteiger partial charge in [0.2, 0.25) is 5.91 Å². The Hall–Kier alpha value is -0.610. The van der Waals surface area contributed by atoms with Crippen LogP contribution in [0.4, 0.5) is 0 Å². The predicted molar refractivity (Wildman–Crippen MR) is 77.4 cm³/mol. The molecule has 108 valence electrons. The second-order valence-electron chi connectivity index (χ2n) is 5.94. The Kier molecular flexibility index (Phi) is 9.02. The number of hydrogen-bond donors (Lipinski definition) is 1. The minimum Gasteiger partial charge on any atom is -0.345 e. The number of carbonyl (C=O) groups excluding carboxylic acids is 1. The standard InChI is InChI=1S/C14H31N3O/c1-12(2)9-17(10-13(3)4)11-14(18)16(5)8-6-7-15/h12-13H,6-11,15H2,1-5H3. The maximum atomic E-state index is 12.1. The van der Waals surface area contributed by atoms with Gasteiger partial charge < -0.3 is 10.6 Å². The lowest BCUT2D eigenvalue weighted by Gasteiger charge is -2.27. The van der Waals surface area contributed by atoms with Crippen LogP contribution < -0.4 is 5.73 Å². The van der Waals surface area contributed by atoms with E-state index >= 15 is 0 Å². The van der Waals surface area contributed by atoms with Crippen molar-refractivity contribution in [3.05, 3.63) is 0 Å². The molecular weight excluding hydrogens is 226 g/mol. The molecule has 4 heteroatoms. The van der Waals surface area contributed by atoms with E-state index in [2.05, 4.69) is 32.6 Å². The van der Waals surface area contributed by atoms with Crippen molar-refractivity contribution in [2.24, 2.45) is 17.6 Å². The van der Waals surface area contributed by atoms with E-state index in [1.165, 1.54) is 0 Å². The van der Waals surface area contributed by atoms with Crippen molar-refractivity contribution in [3.8, 4) is 0 Å². The molecule has 0 unspecified atom stereocenters. The van der Waals surface area contributed by atoms with Crippen LogP contribution in [0.15, 0.2) is 0 Å². The van der Waals surface area contributed by atoms with Crippen LogP contribution in [0.5, 0.6) is 0 Å². The first-order chi connectivity index (χ1) is 8.36. The Morgan fingerprint density at radius 1 is 1.11 bits per heavy atom. The Labute approximate surface area is 113 Å². The summed E-state index contributed by atoms with van der Waals surface area (Å²) in [6.45, 7) is 12.6. The average molecular weight is 257 g/mol. The number of likely N-dealkylation sites (N-methyl/N-ethyl adjacent to an activating group) is 1. The van der Waals surface area contributed by atoms with E-state index in [9.17, 15) is 4.79 Å². The minimum atomic E-state index is 0.199. The lowest BCUT2D eigenvalue weighted by atomic mass is 10.1. The third kappa shape index (κ3) is 8.48. The number of hydrogen-bond acceptors (Lipinski definition) is 3. The van der Waals surface area contributed by atoms with Gasteiger partial charge in [-0.15, -0.1) is 0 Å². The fourth-order valence-corrected chi connectivity index (χ4v) is 2.00. The molecule has 0 bridgehead atoms. The first kappa shape index (κ1) is 17.4. The molecule has 0 aromatic rings. The zero-order valence-corrected chi connectivity index (χ0v) is 12.8. The number of nitrogens with two attached hydrogens (primary N) is 1. The summed E-state index contributed by atoms with van der Waals surface area (Å²) in [4.78, 5) is 16.1. The second-order valence-corrected chi connectivity index (χ2v) is 5.94. The van der Waals surface area contributed by atoms with Crippen LogP contribution in [0.2, 0.25) is 0 Å². The Morgan fingerprint density at radius 3 is 2.00 bits per heavy atom. The van der Waals surface area contributed by atoms with Gasteiger partial charge in [-0.2, -0.15) is 0 Å². The van der Waals surface area contributed by atoms with Crippen molar-refractivity contribution >= 4 is 5.91 Å². The largest absolute Gasteiger partial charge is 0.345 e. The molecule has 2 N–H and O–H groups in total. The molecule has 0 fully saturated rings. The first-order valence-electron chi connectivity index (χ1n) is 7.03. The molecule has 0 spiro atoms. The molecule has 0 heterocycles. The third-order valence-corrected chi connectivity index (χ3v) is 2.73. The van der Waals surface area contributed by atoms with Crippen LogP contribution in [-0.4, -0.2) is 55.5 Å². The monoisotopic (exact) mass is 257 g/mol. The molecule has 4 nitrogen and oxygen atoms in total. The summed E-state index contributed by atoms with van der Waals surface area (Å²) in [6.07, 6.45) is 0.872. The van der Waals surface area contributed by atoms with Crippen molar-refractivity contribution in [1.29, 1.82) is 0 Å². The molecule has 0 aromatic heterocycles. The molecule has 0 aliphatic carbocycles. The van der Waals surface area contributed by atoms with Gasteiger partial charge in [0.05, 0.1) is 6.54 Å². The number of amides is 1. The smallest absolute Gasteiger partial charge is 0.236 e. The van der Waals surface area contributed by atoms with E-state index < -0.39 is 0 Å². The van der Waals surface area contributed by atoms with Crippen LogP contribution in [0.25, 0.3) is 0 Å². The summed E-state index contributed by atoms with van der Waals surface area (Å²) in [7, 11) is 1.86. The summed E-state index contributed by atoms with van der Waals surface area (Å²) in [6, 6.07) is 0. The van der Waals surface area contributed by atoms with E-state index in [1.807, 2.05) is 7.05 Å². The van der Waals surface area contributed by atoms with Crippen LogP contribution in [-0.2, 0) is 4.79 Å². The highest BCUT2D eigenvalue weighted by Gasteiger charge is 2.16. The summed E-state index contributed by atoms with van der Waals surface area (Å²) in [5.41, 5.74) is 5.46. The summed E-state index contributed by atoms with van der Waals surface area (Å²) < 4.78 is 0. The zero-order chi connectivity index (χ0) is 14.1. The number of rotatable bonds is 9. The second kappa shape index (κ2) is 9.34. The highest BCUT2D eigenvalue weighted by Crippen LogP contribution is 2.04. The molecule has 0 radical (unpaired) electrons. The first-order valence-corrected chi connectivity index (χ1v) is 7.03. The predicted octanol–water partition coefficient (Wildman–Crippen LogP) is 1.41. The molecule has 0 aliphatic rings. The lowest BCUT2D eigenvalue weighted by Crippen LogP contribution is -2.42. The highest BCUT2D eigenvalue weighted by atomic mass is 16.2. The molecular formula is C14H31N3O. The average Bonchev–Trinajstić information content (AvgIpc) is 2.23. The Bertz CT molecular complexity index is 219. The molecule has 0 aliphatic heterocycles. The fourth-order valence-electron chi connectivity index (χ4n) is 2.00. The minimum absolute atomic E-state index is 0.199. The zero-order valence-electron chi connectivity index (χ0n) is 12.8. The van der Waals surface area contributed by atoms with Gasteiger partial charge in [-0.1, -0.05) is 27.7 Å². The number of nitrogens with zero attached hydrogens (tertiary/aromatic N) is 2. The Morgan fingerprint density at radius 2 is 1.61 bits per heavy atom. The quantitative estimate of drug-likeness (QED) is 0.679. The van der Waals surface area contributed by atoms with Gasteiger partial charge in [0.25, 0.3) is 0 Å². The highest BCUT2D eigenvalue weighted by molar-refractivity contribution is 5.77. The van der Waals surface area contributed by atoms with Gasteiger partial charge in [0.15, 0.2) is 0 Å². The van der Waals surface area contributed by atoms with Crippen molar-refractivity contribution in [2.75, 3.05) is 39.8 Å². The summed E-state index contributed by atoms with van der Waals surface area (Å²) in [5, 5.41) is 0. The van der Waals surface area contributed by atoms with Crippen molar-refractivity contribution in [1.82, 2.24) is 9.80 Å². The fraction of sp³-hybridized carbons (Fsp3) is 0.929. The molecule has 0 saturated carbocycles. The van der Waals surface area contributed by atoms with E-state index in [0.29, 0.717) is 24.9 Å². The van der Waals surface area contributed by atoms with Gasteiger partial charge in [-0.3, -0.25) is 9.69 Å². The van der Waals surface area contributed by atoms with Crippen LogP contribution in [0.1, 0.15) is 34.1 Å². The van der Waals surface area contributed by atoms with Gasteiger partial charge in [0.1, 0.15) is 0 Å². The van der Waals surface area contributed by atoms with Gasteiger partial charge in [-0.05, 0) is 24.8 Å².